The summed E-state index contributed by atoms with van der Waals surface area (Å²) >= 11 is 1.77. The predicted molar refractivity (Wildman–Crippen MR) is 88.7 cm³/mol. The van der Waals surface area contributed by atoms with Gasteiger partial charge < -0.3 is 4.74 Å². The first-order valence-electron chi connectivity index (χ1n) is 7.00. The van der Waals surface area contributed by atoms with Crippen LogP contribution < -0.4 is 4.74 Å². The normalized spacial score (nSPS) is 10.5. The Balaban J connectivity index is 2.38. The van der Waals surface area contributed by atoms with Gasteiger partial charge in [-0.2, -0.15) is 0 Å². The molecule has 0 amide bonds. The standard InChI is InChI=1S/C18H20O2S/c1-5-21-15-9-7-14(8-10-15)17(19)16-11-6-12(2)13(3)18(16)20-4/h6-11H,5H2,1-4H3. The van der Waals surface area contributed by atoms with E-state index in [1.54, 1.807) is 18.9 Å². The molecule has 0 aliphatic heterocycles. The summed E-state index contributed by atoms with van der Waals surface area (Å²) in [5.41, 5.74) is 3.45. The Labute approximate surface area is 130 Å². The number of carbonyl (C=O) groups excluding carboxylic acids is 1. The Kier molecular flexibility index (Phi) is 5.07. The van der Waals surface area contributed by atoms with Crippen LogP contribution in [0, 0.1) is 13.8 Å². The number of ether oxygens (including phenoxy) is 1. The molecule has 0 bridgehead atoms. The van der Waals surface area contributed by atoms with E-state index < -0.39 is 0 Å². The molecule has 0 aliphatic carbocycles. The van der Waals surface area contributed by atoms with Crippen LogP contribution in [0.4, 0.5) is 0 Å². The summed E-state index contributed by atoms with van der Waals surface area (Å²) in [6.07, 6.45) is 0. The number of methoxy groups -OCH3 is 1. The van der Waals surface area contributed by atoms with E-state index in [0.29, 0.717) is 16.9 Å². The summed E-state index contributed by atoms with van der Waals surface area (Å²) in [6.45, 7) is 6.11. The zero-order chi connectivity index (χ0) is 15.4. The van der Waals surface area contributed by atoms with Gasteiger partial charge in [-0.05, 0) is 61.1 Å². The van der Waals surface area contributed by atoms with E-state index in [0.717, 1.165) is 16.9 Å². The third-order valence-electron chi connectivity index (χ3n) is 3.55. The summed E-state index contributed by atoms with van der Waals surface area (Å²) < 4.78 is 5.44. The Bertz CT molecular complexity index is 645. The lowest BCUT2D eigenvalue weighted by Crippen LogP contribution is -2.06. The van der Waals surface area contributed by atoms with Crippen LogP contribution in [0.25, 0.3) is 0 Å². The van der Waals surface area contributed by atoms with Gasteiger partial charge in [-0.1, -0.05) is 13.0 Å². The second-order valence-corrected chi connectivity index (χ2v) is 6.21. The van der Waals surface area contributed by atoms with Crippen LogP contribution in [-0.4, -0.2) is 18.6 Å². The van der Waals surface area contributed by atoms with Crippen molar-refractivity contribution in [3.63, 3.8) is 0 Å². The van der Waals surface area contributed by atoms with Gasteiger partial charge in [0.05, 0.1) is 12.7 Å². The molecular formula is C18H20O2S. The van der Waals surface area contributed by atoms with Crippen molar-refractivity contribution < 1.29 is 9.53 Å². The zero-order valence-corrected chi connectivity index (χ0v) is 13.7. The minimum atomic E-state index is 0.00278. The molecular weight excluding hydrogens is 280 g/mol. The maximum absolute atomic E-state index is 12.7. The van der Waals surface area contributed by atoms with Gasteiger partial charge in [0.1, 0.15) is 5.75 Å². The second-order valence-electron chi connectivity index (χ2n) is 4.87. The second kappa shape index (κ2) is 6.81. The molecule has 0 N–H and O–H groups in total. The molecule has 0 saturated carbocycles. The summed E-state index contributed by atoms with van der Waals surface area (Å²) in [4.78, 5) is 13.9. The summed E-state index contributed by atoms with van der Waals surface area (Å²) in [7, 11) is 1.61. The van der Waals surface area contributed by atoms with Crippen LogP contribution in [0.1, 0.15) is 34.0 Å². The van der Waals surface area contributed by atoms with Gasteiger partial charge in [0.25, 0.3) is 0 Å². The van der Waals surface area contributed by atoms with Crippen LogP contribution in [0.2, 0.25) is 0 Å². The third-order valence-corrected chi connectivity index (χ3v) is 4.45. The van der Waals surface area contributed by atoms with Gasteiger partial charge in [0.2, 0.25) is 0 Å². The Morgan fingerprint density at radius 1 is 1.10 bits per heavy atom. The quantitative estimate of drug-likeness (QED) is 0.593. The maximum Gasteiger partial charge on any atom is 0.196 e. The number of carbonyl (C=O) groups is 1. The van der Waals surface area contributed by atoms with Crippen molar-refractivity contribution in [2.24, 2.45) is 0 Å². The lowest BCUT2D eigenvalue weighted by atomic mass is 9.98. The van der Waals surface area contributed by atoms with Crippen LogP contribution in [0.3, 0.4) is 0 Å². The van der Waals surface area contributed by atoms with Gasteiger partial charge in [0, 0.05) is 10.5 Å². The topological polar surface area (TPSA) is 26.3 Å². The molecule has 0 fully saturated rings. The third kappa shape index (κ3) is 3.30. The number of benzene rings is 2. The van der Waals surface area contributed by atoms with Crippen LogP contribution in [-0.2, 0) is 0 Å². The number of ketones is 1. The van der Waals surface area contributed by atoms with E-state index in [-0.39, 0.29) is 5.78 Å². The number of hydrogen-bond acceptors (Lipinski definition) is 3. The smallest absolute Gasteiger partial charge is 0.196 e. The first-order valence-corrected chi connectivity index (χ1v) is 7.98. The molecule has 110 valence electrons. The summed E-state index contributed by atoms with van der Waals surface area (Å²) in [6, 6.07) is 11.6. The van der Waals surface area contributed by atoms with Crippen molar-refractivity contribution in [3.8, 4) is 5.75 Å². The molecule has 2 aromatic carbocycles. The monoisotopic (exact) mass is 300 g/mol. The van der Waals surface area contributed by atoms with Crippen molar-refractivity contribution in [1.29, 1.82) is 0 Å². The average Bonchev–Trinajstić information content (AvgIpc) is 2.50. The van der Waals surface area contributed by atoms with Crippen LogP contribution in [0.15, 0.2) is 41.3 Å². The molecule has 0 aromatic heterocycles. The first-order chi connectivity index (χ1) is 10.1. The fourth-order valence-electron chi connectivity index (χ4n) is 2.26. The van der Waals surface area contributed by atoms with Gasteiger partial charge in [-0.25, -0.2) is 0 Å². The van der Waals surface area contributed by atoms with E-state index in [4.69, 9.17) is 4.74 Å². The van der Waals surface area contributed by atoms with Gasteiger partial charge in [-0.15, -0.1) is 11.8 Å². The first kappa shape index (κ1) is 15.6. The van der Waals surface area contributed by atoms with Gasteiger partial charge in [-0.3, -0.25) is 4.79 Å². The highest BCUT2D eigenvalue weighted by Gasteiger charge is 2.17. The van der Waals surface area contributed by atoms with Crippen molar-refractivity contribution in [2.45, 2.75) is 25.7 Å². The minimum Gasteiger partial charge on any atom is -0.496 e. The molecule has 0 atom stereocenters. The van der Waals surface area contributed by atoms with Crippen molar-refractivity contribution in [1.82, 2.24) is 0 Å². The Morgan fingerprint density at radius 2 is 1.76 bits per heavy atom. The van der Waals surface area contributed by atoms with Crippen molar-refractivity contribution in [3.05, 3.63) is 58.7 Å². The largest absolute Gasteiger partial charge is 0.496 e. The van der Waals surface area contributed by atoms with Crippen molar-refractivity contribution in [2.75, 3.05) is 12.9 Å². The lowest BCUT2D eigenvalue weighted by Gasteiger charge is -2.13. The van der Waals surface area contributed by atoms with E-state index in [1.807, 2.05) is 50.2 Å². The fourth-order valence-corrected chi connectivity index (χ4v) is 2.92. The lowest BCUT2D eigenvalue weighted by molar-refractivity contribution is 0.103. The molecule has 21 heavy (non-hydrogen) atoms. The molecule has 0 heterocycles. The van der Waals surface area contributed by atoms with E-state index in [1.165, 1.54) is 4.90 Å². The molecule has 2 rings (SSSR count). The molecule has 0 radical (unpaired) electrons. The van der Waals surface area contributed by atoms with Crippen LogP contribution >= 0.6 is 11.8 Å². The van der Waals surface area contributed by atoms with E-state index >= 15 is 0 Å². The molecule has 0 spiro atoms. The zero-order valence-electron chi connectivity index (χ0n) is 12.9. The number of aryl methyl sites for hydroxylation is 1. The Morgan fingerprint density at radius 3 is 2.33 bits per heavy atom. The SMILES string of the molecule is CCSc1ccc(C(=O)c2ccc(C)c(C)c2OC)cc1. The fraction of sp³-hybridized carbons (Fsp3) is 0.278. The molecule has 2 aromatic rings. The summed E-state index contributed by atoms with van der Waals surface area (Å²) in [5.74, 6) is 1.70. The van der Waals surface area contributed by atoms with Gasteiger partial charge >= 0.3 is 0 Å². The summed E-state index contributed by atoms with van der Waals surface area (Å²) in [5, 5.41) is 0. The molecule has 3 heteroatoms. The Hall–Kier alpha value is -1.74. The number of rotatable bonds is 5. The molecule has 0 saturated heterocycles. The average molecular weight is 300 g/mol. The molecule has 2 nitrogen and oxygen atoms in total. The van der Waals surface area contributed by atoms with Gasteiger partial charge in [0.15, 0.2) is 5.78 Å². The minimum absolute atomic E-state index is 0.00278. The van der Waals surface area contributed by atoms with E-state index in [9.17, 15) is 4.79 Å². The number of hydrogen-bond donors (Lipinski definition) is 0. The predicted octanol–water partition coefficient (Wildman–Crippen LogP) is 4.66. The maximum atomic E-state index is 12.7. The van der Waals surface area contributed by atoms with Crippen molar-refractivity contribution >= 4 is 17.5 Å². The number of thioether (sulfide) groups is 1. The van der Waals surface area contributed by atoms with Crippen LogP contribution in [0.5, 0.6) is 5.75 Å². The highest BCUT2D eigenvalue weighted by Crippen LogP contribution is 2.28. The highest BCUT2D eigenvalue weighted by molar-refractivity contribution is 7.99. The molecule has 0 aliphatic rings. The highest BCUT2D eigenvalue weighted by atomic mass is 32.2. The van der Waals surface area contributed by atoms with E-state index in [2.05, 4.69) is 6.92 Å². The molecule has 0 unspecified atom stereocenters.